The Balaban J connectivity index is 1.30. The summed E-state index contributed by atoms with van der Waals surface area (Å²) >= 11 is 0. The average molecular weight is 642 g/mol. The number of methoxy groups -OCH3 is 2. The number of rotatable bonds is 13. The Kier molecular flexibility index (Phi) is 9.64. The van der Waals surface area contributed by atoms with Crippen molar-refractivity contribution in [2.45, 2.75) is 6.42 Å². The van der Waals surface area contributed by atoms with Crippen LogP contribution in [-0.2, 0) is 20.7 Å². The van der Waals surface area contributed by atoms with Gasteiger partial charge in [-0.3, -0.25) is 14.4 Å². The number of hydrogen-bond donors (Lipinski definition) is 1. The minimum atomic E-state index is -0.330. The first-order valence-electron chi connectivity index (χ1n) is 15.1. The van der Waals surface area contributed by atoms with Gasteiger partial charge in [0.2, 0.25) is 0 Å². The van der Waals surface area contributed by atoms with Gasteiger partial charge in [-0.05, 0) is 72.3 Å². The summed E-state index contributed by atoms with van der Waals surface area (Å²) in [5.41, 5.74) is 3.24. The highest BCUT2D eigenvalue weighted by atomic mass is 16.5. The van der Waals surface area contributed by atoms with Crippen molar-refractivity contribution in [1.29, 1.82) is 0 Å². The van der Waals surface area contributed by atoms with Crippen LogP contribution in [0.1, 0.15) is 21.5 Å². The number of ether oxygens (including phenoxy) is 4. The van der Waals surface area contributed by atoms with Gasteiger partial charge in [-0.25, -0.2) is 9.97 Å². The predicted molar refractivity (Wildman–Crippen MR) is 181 cm³/mol. The number of allylic oxidation sites excluding steroid dienone is 4. The van der Waals surface area contributed by atoms with Crippen molar-refractivity contribution in [3.8, 4) is 23.0 Å². The molecule has 1 aromatic heterocycles. The number of ketones is 3. The molecule has 0 atom stereocenters. The van der Waals surface area contributed by atoms with E-state index in [9.17, 15) is 14.4 Å². The lowest BCUT2D eigenvalue weighted by atomic mass is 9.94. The number of aromatic nitrogens is 2. The van der Waals surface area contributed by atoms with Crippen LogP contribution in [0.2, 0.25) is 0 Å². The van der Waals surface area contributed by atoms with Crippen LogP contribution in [0.25, 0.3) is 16.5 Å². The summed E-state index contributed by atoms with van der Waals surface area (Å²) in [7, 11) is 3.14. The Hall–Kier alpha value is -6.13. The van der Waals surface area contributed by atoms with E-state index in [0.29, 0.717) is 76.2 Å². The average Bonchev–Trinajstić information content (AvgIpc) is 3.10. The van der Waals surface area contributed by atoms with Crippen molar-refractivity contribution in [3.05, 3.63) is 126 Å². The molecule has 1 heterocycles. The summed E-state index contributed by atoms with van der Waals surface area (Å²) in [6.07, 6.45) is 5.49. The molecule has 10 heteroatoms. The van der Waals surface area contributed by atoms with Crippen LogP contribution >= 0.6 is 0 Å². The molecule has 1 aliphatic rings. The molecule has 4 aromatic carbocycles. The summed E-state index contributed by atoms with van der Waals surface area (Å²) in [6.45, 7) is 0.741. The fraction of sp³-hybridized carbons (Fsp3) is 0.132. The molecule has 0 saturated heterocycles. The van der Waals surface area contributed by atoms with Crippen LogP contribution in [-0.4, -0.2) is 54.8 Å². The standard InChI is InChI=1S/C38H31N3O7/c1-45-16-17-47-37-22-33-31(21-36(37)46-2)38(40-23-39-33)41-32-14-13-28(20-29(32)30-19-26(42)10-15-34(30)43)48-27-11-8-25(9-12-27)35(44)18-24-6-4-3-5-7-24/h3-15,19-23H,16-18H2,1-2H3,(H,39,40,41). The molecule has 1 N–H and O–H groups in total. The molecule has 6 rings (SSSR count). The number of fused-ring (bicyclic) bond motifs is 1. The zero-order valence-electron chi connectivity index (χ0n) is 26.3. The molecule has 5 aromatic rings. The van der Waals surface area contributed by atoms with E-state index < -0.39 is 0 Å². The molecule has 0 radical (unpaired) electrons. The first-order valence-corrected chi connectivity index (χ1v) is 15.1. The summed E-state index contributed by atoms with van der Waals surface area (Å²) < 4.78 is 22.6. The molecule has 0 amide bonds. The van der Waals surface area contributed by atoms with Gasteiger partial charge in [0.05, 0.1) is 19.2 Å². The number of carbonyl (C=O) groups is 3. The highest BCUT2D eigenvalue weighted by Crippen LogP contribution is 2.38. The first-order chi connectivity index (χ1) is 23.4. The van der Waals surface area contributed by atoms with Crippen molar-refractivity contribution in [2.75, 3.05) is 32.8 Å². The lowest BCUT2D eigenvalue weighted by Gasteiger charge is -2.18. The van der Waals surface area contributed by atoms with Crippen LogP contribution in [0.15, 0.2) is 109 Å². The molecule has 0 fully saturated rings. The van der Waals surface area contributed by atoms with E-state index in [2.05, 4.69) is 15.3 Å². The van der Waals surface area contributed by atoms with Crippen molar-refractivity contribution < 1.29 is 33.3 Å². The Bertz CT molecular complexity index is 2060. The number of nitrogens with zero attached hydrogens (tertiary/aromatic N) is 2. The van der Waals surface area contributed by atoms with E-state index >= 15 is 0 Å². The van der Waals surface area contributed by atoms with Gasteiger partial charge in [0.15, 0.2) is 28.8 Å². The minimum absolute atomic E-state index is 0.00404. The molecule has 240 valence electrons. The van der Waals surface area contributed by atoms with Gasteiger partial charge in [0, 0.05) is 47.4 Å². The van der Waals surface area contributed by atoms with Crippen LogP contribution in [0.3, 0.4) is 0 Å². The molecular formula is C38H31N3O7. The molecule has 0 saturated carbocycles. The van der Waals surface area contributed by atoms with Crippen LogP contribution in [0, 0.1) is 0 Å². The third kappa shape index (κ3) is 7.30. The van der Waals surface area contributed by atoms with Gasteiger partial charge >= 0.3 is 0 Å². The van der Waals surface area contributed by atoms with Gasteiger partial charge in [-0.1, -0.05) is 30.3 Å². The largest absolute Gasteiger partial charge is 0.493 e. The quantitative estimate of drug-likeness (QED) is 0.0842. The zero-order valence-corrected chi connectivity index (χ0v) is 26.3. The fourth-order valence-corrected chi connectivity index (χ4v) is 5.17. The molecule has 1 aliphatic carbocycles. The number of Topliss-reactive ketones (excluding diaryl/α,β-unsaturated/α-hetero) is 1. The number of nitrogens with one attached hydrogen (secondary N) is 1. The van der Waals surface area contributed by atoms with E-state index in [-0.39, 0.29) is 22.9 Å². The van der Waals surface area contributed by atoms with Gasteiger partial charge < -0.3 is 24.3 Å². The molecule has 48 heavy (non-hydrogen) atoms. The maximum Gasteiger partial charge on any atom is 0.186 e. The topological polar surface area (TPSA) is 126 Å². The lowest BCUT2D eigenvalue weighted by Crippen LogP contribution is -2.09. The summed E-state index contributed by atoms with van der Waals surface area (Å²) in [6, 6.07) is 25.1. The van der Waals surface area contributed by atoms with Gasteiger partial charge in [0.1, 0.15) is 30.3 Å². The SMILES string of the molecule is COCCOc1cc2ncnc(Nc3ccc(Oc4ccc(C(=O)Cc5ccccc5)cc4)cc3C3=CC(=O)C=CC3=O)c2cc1OC. The first kappa shape index (κ1) is 31.8. The maximum atomic E-state index is 13.0. The third-order valence-corrected chi connectivity index (χ3v) is 7.57. The smallest absolute Gasteiger partial charge is 0.186 e. The highest BCUT2D eigenvalue weighted by Gasteiger charge is 2.21. The van der Waals surface area contributed by atoms with Crippen molar-refractivity contribution in [1.82, 2.24) is 9.97 Å². The van der Waals surface area contributed by atoms with Gasteiger partial charge in [0.25, 0.3) is 0 Å². The Labute approximate surface area is 276 Å². The highest BCUT2D eigenvalue weighted by molar-refractivity contribution is 6.34. The number of anilines is 2. The molecule has 0 spiro atoms. The third-order valence-electron chi connectivity index (χ3n) is 7.57. The van der Waals surface area contributed by atoms with Crippen LogP contribution in [0.4, 0.5) is 11.5 Å². The zero-order chi connectivity index (χ0) is 33.5. The van der Waals surface area contributed by atoms with E-state index in [1.165, 1.54) is 24.6 Å². The van der Waals surface area contributed by atoms with Crippen LogP contribution in [0.5, 0.6) is 23.0 Å². The van der Waals surface area contributed by atoms with Crippen molar-refractivity contribution >= 4 is 45.3 Å². The number of carbonyl (C=O) groups excluding carboxylic acids is 3. The number of benzene rings is 4. The normalized spacial score (nSPS) is 12.5. The molecule has 0 bridgehead atoms. The number of hydrogen-bond acceptors (Lipinski definition) is 10. The Morgan fingerprint density at radius 3 is 2.38 bits per heavy atom. The Morgan fingerprint density at radius 1 is 0.812 bits per heavy atom. The fourth-order valence-electron chi connectivity index (χ4n) is 5.17. The summed E-state index contributed by atoms with van der Waals surface area (Å²) in [5.74, 6) is 1.70. The van der Waals surface area contributed by atoms with E-state index in [1.54, 1.807) is 68.8 Å². The maximum absolute atomic E-state index is 13.0. The monoisotopic (exact) mass is 641 g/mol. The lowest BCUT2D eigenvalue weighted by molar-refractivity contribution is -0.113. The summed E-state index contributed by atoms with van der Waals surface area (Å²) in [4.78, 5) is 47.0. The molecule has 10 nitrogen and oxygen atoms in total. The Morgan fingerprint density at radius 2 is 1.60 bits per heavy atom. The van der Waals surface area contributed by atoms with E-state index in [1.807, 2.05) is 30.3 Å². The second kappa shape index (κ2) is 14.5. The predicted octanol–water partition coefficient (Wildman–Crippen LogP) is 6.72. The van der Waals surface area contributed by atoms with E-state index in [0.717, 1.165) is 5.56 Å². The second-order valence-corrected chi connectivity index (χ2v) is 10.8. The van der Waals surface area contributed by atoms with Crippen molar-refractivity contribution in [3.63, 3.8) is 0 Å². The molecule has 0 unspecified atom stereocenters. The van der Waals surface area contributed by atoms with E-state index in [4.69, 9.17) is 18.9 Å². The van der Waals surface area contributed by atoms with Crippen molar-refractivity contribution in [2.24, 2.45) is 0 Å². The van der Waals surface area contributed by atoms with Gasteiger partial charge in [-0.15, -0.1) is 0 Å². The second-order valence-electron chi connectivity index (χ2n) is 10.8. The summed E-state index contributed by atoms with van der Waals surface area (Å²) in [5, 5.41) is 3.95. The molecule has 0 aliphatic heterocycles. The molecular weight excluding hydrogens is 610 g/mol. The minimum Gasteiger partial charge on any atom is -0.493 e. The van der Waals surface area contributed by atoms with Crippen LogP contribution < -0.4 is 19.5 Å². The van der Waals surface area contributed by atoms with Gasteiger partial charge in [-0.2, -0.15) is 0 Å².